The minimum absolute atomic E-state index is 0.0296. The summed E-state index contributed by atoms with van der Waals surface area (Å²) in [7, 11) is -2.22. The molecule has 0 saturated heterocycles. The van der Waals surface area contributed by atoms with Crippen molar-refractivity contribution in [2.45, 2.75) is 30.2 Å². The van der Waals surface area contributed by atoms with Crippen LogP contribution in [0, 0.1) is 5.82 Å². The van der Waals surface area contributed by atoms with Crippen LogP contribution in [0.15, 0.2) is 23.1 Å². The maximum absolute atomic E-state index is 13.4. The van der Waals surface area contributed by atoms with E-state index in [2.05, 4.69) is 0 Å². The average Bonchev–Trinajstić information content (AvgIpc) is 2.43. The van der Waals surface area contributed by atoms with Crippen LogP contribution in [-0.4, -0.2) is 37.8 Å². The van der Waals surface area contributed by atoms with Crippen molar-refractivity contribution in [2.75, 3.05) is 19.1 Å². The van der Waals surface area contributed by atoms with Crippen molar-refractivity contribution in [2.24, 2.45) is 0 Å². The zero-order chi connectivity index (χ0) is 15.3. The highest BCUT2D eigenvalue weighted by Gasteiger charge is 2.27. The van der Waals surface area contributed by atoms with E-state index in [4.69, 9.17) is 11.6 Å². The molecule has 0 N–H and O–H groups in total. The van der Waals surface area contributed by atoms with Gasteiger partial charge in [0.15, 0.2) is 0 Å². The average molecular weight is 340 g/mol. The second-order valence-corrected chi connectivity index (χ2v) is 7.76. The number of nitrogens with zero attached hydrogens (tertiary/aromatic N) is 1. The van der Waals surface area contributed by atoms with Gasteiger partial charge in [0.05, 0.1) is 4.90 Å². The van der Waals surface area contributed by atoms with Crippen LogP contribution in [0.25, 0.3) is 0 Å². The standard InChI is InChI=1S/C13H19ClFNO2S2/c1-10(6-7-19-3)16(2)20(17,18)13-8-12(15)5-4-11(13)9-14/h4-5,8,10H,6-7,9H2,1-3H3. The summed E-state index contributed by atoms with van der Waals surface area (Å²) >= 11 is 7.41. The maximum Gasteiger partial charge on any atom is 0.243 e. The minimum Gasteiger partial charge on any atom is -0.207 e. The highest BCUT2D eigenvalue weighted by molar-refractivity contribution is 7.98. The first kappa shape index (κ1) is 17.8. The van der Waals surface area contributed by atoms with Crippen molar-refractivity contribution in [1.29, 1.82) is 0 Å². The van der Waals surface area contributed by atoms with Crippen molar-refractivity contribution < 1.29 is 12.8 Å². The molecule has 0 spiro atoms. The normalized spacial score (nSPS) is 13.7. The summed E-state index contributed by atoms with van der Waals surface area (Å²) in [5.41, 5.74) is 0.414. The van der Waals surface area contributed by atoms with E-state index in [-0.39, 0.29) is 16.8 Å². The monoisotopic (exact) mass is 339 g/mol. The Labute approximate surface area is 129 Å². The summed E-state index contributed by atoms with van der Waals surface area (Å²) in [6.45, 7) is 1.84. The highest BCUT2D eigenvalue weighted by Crippen LogP contribution is 2.24. The molecule has 1 aromatic rings. The zero-order valence-corrected chi connectivity index (χ0v) is 14.2. The first-order valence-corrected chi connectivity index (χ1v) is 9.52. The zero-order valence-electron chi connectivity index (χ0n) is 11.8. The van der Waals surface area contributed by atoms with Gasteiger partial charge in [-0.25, -0.2) is 12.8 Å². The fraction of sp³-hybridized carbons (Fsp3) is 0.538. The van der Waals surface area contributed by atoms with Gasteiger partial charge in [-0.15, -0.1) is 11.6 Å². The summed E-state index contributed by atoms with van der Waals surface area (Å²) in [5.74, 6) is 0.316. The van der Waals surface area contributed by atoms with Gasteiger partial charge < -0.3 is 0 Å². The van der Waals surface area contributed by atoms with E-state index in [1.54, 1.807) is 11.8 Å². The molecule has 0 amide bonds. The van der Waals surface area contributed by atoms with Crippen LogP contribution in [0.1, 0.15) is 18.9 Å². The van der Waals surface area contributed by atoms with Crippen molar-refractivity contribution in [3.63, 3.8) is 0 Å². The predicted molar refractivity (Wildman–Crippen MR) is 83.4 cm³/mol. The highest BCUT2D eigenvalue weighted by atomic mass is 35.5. The Morgan fingerprint density at radius 3 is 2.65 bits per heavy atom. The second-order valence-electron chi connectivity index (χ2n) is 4.54. The lowest BCUT2D eigenvalue weighted by Crippen LogP contribution is -2.36. The SMILES string of the molecule is CSCCC(C)N(C)S(=O)(=O)c1cc(F)ccc1CCl. The summed E-state index contributed by atoms with van der Waals surface area (Å²) in [6.07, 6.45) is 2.71. The van der Waals surface area contributed by atoms with Crippen molar-refractivity contribution in [3.05, 3.63) is 29.6 Å². The fourth-order valence-electron chi connectivity index (χ4n) is 1.74. The quantitative estimate of drug-likeness (QED) is 0.715. The van der Waals surface area contributed by atoms with Gasteiger partial charge in [-0.1, -0.05) is 6.07 Å². The van der Waals surface area contributed by atoms with Crippen LogP contribution in [0.2, 0.25) is 0 Å². The summed E-state index contributed by atoms with van der Waals surface area (Å²) in [5, 5.41) is 0. The molecule has 20 heavy (non-hydrogen) atoms. The van der Waals surface area contributed by atoms with Crippen LogP contribution in [0.3, 0.4) is 0 Å². The molecule has 0 fully saturated rings. The molecule has 1 rings (SSSR count). The van der Waals surface area contributed by atoms with E-state index < -0.39 is 15.8 Å². The summed E-state index contributed by atoms with van der Waals surface area (Å²) in [6, 6.07) is 3.51. The number of alkyl halides is 1. The van der Waals surface area contributed by atoms with Crippen LogP contribution in [0.4, 0.5) is 4.39 Å². The molecule has 0 aliphatic carbocycles. The molecule has 0 aromatic heterocycles. The van der Waals surface area contributed by atoms with E-state index in [9.17, 15) is 12.8 Å². The molecule has 0 aliphatic rings. The smallest absolute Gasteiger partial charge is 0.207 e. The Morgan fingerprint density at radius 2 is 2.10 bits per heavy atom. The fourth-order valence-corrected chi connectivity index (χ4v) is 4.25. The number of sulfonamides is 1. The van der Waals surface area contributed by atoms with E-state index in [1.165, 1.54) is 23.5 Å². The van der Waals surface area contributed by atoms with Crippen molar-refractivity contribution in [3.8, 4) is 0 Å². The molecule has 3 nitrogen and oxygen atoms in total. The summed E-state index contributed by atoms with van der Waals surface area (Å²) in [4.78, 5) is -0.0500. The number of hydrogen-bond donors (Lipinski definition) is 0. The third-order valence-corrected chi connectivity index (χ3v) is 6.18. The van der Waals surface area contributed by atoms with Crippen LogP contribution in [-0.2, 0) is 15.9 Å². The molecule has 0 aliphatic heterocycles. The number of halogens is 2. The lowest BCUT2D eigenvalue weighted by molar-refractivity contribution is 0.382. The minimum atomic E-state index is -3.73. The Hall–Kier alpha value is -0.300. The van der Waals surface area contributed by atoms with Gasteiger partial charge in [0.1, 0.15) is 5.82 Å². The molecule has 0 bridgehead atoms. The Morgan fingerprint density at radius 1 is 1.45 bits per heavy atom. The molecular formula is C13H19ClFNO2S2. The Kier molecular flexibility index (Phi) is 6.78. The summed E-state index contributed by atoms with van der Waals surface area (Å²) < 4.78 is 39.8. The van der Waals surface area contributed by atoms with E-state index >= 15 is 0 Å². The van der Waals surface area contributed by atoms with Crippen LogP contribution >= 0.6 is 23.4 Å². The lowest BCUT2D eigenvalue weighted by Gasteiger charge is -2.25. The molecule has 7 heteroatoms. The second kappa shape index (κ2) is 7.64. The van der Waals surface area contributed by atoms with Gasteiger partial charge in [0.25, 0.3) is 0 Å². The molecule has 1 aromatic carbocycles. The maximum atomic E-state index is 13.4. The number of thioether (sulfide) groups is 1. The number of benzene rings is 1. The van der Waals surface area contributed by atoms with Gasteiger partial charge in [-0.3, -0.25) is 0 Å². The van der Waals surface area contributed by atoms with Crippen LogP contribution < -0.4 is 0 Å². The van der Waals surface area contributed by atoms with E-state index in [0.29, 0.717) is 5.56 Å². The van der Waals surface area contributed by atoms with Crippen molar-refractivity contribution >= 4 is 33.4 Å². The molecule has 0 heterocycles. The van der Waals surface area contributed by atoms with Gasteiger partial charge in [0.2, 0.25) is 10.0 Å². The third kappa shape index (κ3) is 4.10. The van der Waals surface area contributed by atoms with E-state index in [0.717, 1.165) is 18.2 Å². The van der Waals surface area contributed by atoms with Gasteiger partial charge in [-0.2, -0.15) is 16.1 Å². The third-order valence-electron chi connectivity index (χ3n) is 3.19. The molecule has 1 atom stereocenters. The Balaban J connectivity index is 3.12. The number of hydrogen-bond acceptors (Lipinski definition) is 3. The number of rotatable bonds is 7. The largest absolute Gasteiger partial charge is 0.243 e. The van der Waals surface area contributed by atoms with Crippen molar-refractivity contribution in [1.82, 2.24) is 4.31 Å². The Bertz CT molecular complexity index is 551. The molecule has 0 radical (unpaired) electrons. The molecule has 0 saturated carbocycles. The van der Waals surface area contributed by atoms with E-state index in [1.807, 2.05) is 13.2 Å². The topological polar surface area (TPSA) is 37.4 Å². The van der Waals surface area contributed by atoms with Crippen LogP contribution in [0.5, 0.6) is 0 Å². The van der Waals surface area contributed by atoms with Gasteiger partial charge in [0, 0.05) is 19.0 Å². The molecule has 114 valence electrons. The molecular weight excluding hydrogens is 321 g/mol. The molecule has 1 unspecified atom stereocenters. The first-order chi connectivity index (χ1) is 9.34. The lowest BCUT2D eigenvalue weighted by atomic mass is 10.2. The predicted octanol–water partition coefficient (Wildman–Crippen LogP) is 3.33. The van der Waals surface area contributed by atoms with Gasteiger partial charge >= 0.3 is 0 Å². The van der Waals surface area contributed by atoms with Gasteiger partial charge in [-0.05, 0) is 43.0 Å². The first-order valence-electron chi connectivity index (χ1n) is 6.16.